The van der Waals surface area contributed by atoms with Crippen LogP contribution in [0, 0.1) is 0 Å². The summed E-state index contributed by atoms with van der Waals surface area (Å²) in [4.78, 5) is 16.6. The molecule has 1 heterocycles. The summed E-state index contributed by atoms with van der Waals surface area (Å²) in [5.74, 6) is 0.890. The van der Waals surface area contributed by atoms with E-state index in [0.29, 0.717) is 33.6 Å². The Morgan fingerprint density at radius 3 is 2.78 bits per heavy atom. The number of nitrogens with one attached hydrogen (secondary N) is 1. The van der Waals surface area contributed by atoms with E-state index in [9.17, 15) is 4.79 Å². The second-order valence-electron chi connectivity index (χ2n) is 5.68. The molecule has 0 fully saturated rings. The number of hydrogen-bond acceptors (Lipinski definition) is 5. The standard InChI is InChI=1S/C19H17Cl2N3O3/c1-2-16(26-13-7-5-6-12(20)10-13)19(25)22-11-17-23-18(24-27-17)14-8-3-4-9-15(14)21/h3-10,16H,2,11H2,1H3,(H,22,25)/t16-/m1/s1. The van der Waals surface area contributed by atoms with Crippen molar-refractivity contribution in [2.24, 2.45) is 0 Å². The highest BCUT2D eigenvalue weighted by Crippen LogP contribution is 2.25. The Kier molecular flexibility index (Phi) is 6.32. The molecule has 0 aliphatic carbocycles. The van der Waals surface area contributed by atoms with Gasteiger partial charge in [0.2, 0.25) is 11.7 Å². The summed E-state index contributed by atoms with van der Waals surface area (Å²) in [6, 6.07) is 14.1. The van der Waals surface area contributed by atoms with Gasteiger partial charge in [-0.2, -0.15) is 4.98 Å². The summed E-state index contributed by atoms with van der Waals surface area (Å²) in [5.41, 5.74) is 0.663. The summed E-state index contributed by atoms with van der Waals surface area (Å²) in [6.07, 6.45) is -0.165. The van der Waals surface area contributed by atoms with Crippen LogP contribution in [0.2, 0.25) is 10.0 Å². The second-order valence-corrected chi connectivity index (χ2v) is 6.53. The highest BCUT2D eigenvalue weighted by atomic mass is 35.5. The fraction of sp³-hybridized carbons (Fsp3) is 0.211. The van der Waals surface area contributed by atoms with E-state index in [0.717, 1.165) is 0 Å². The third kappa shape index (κ3) is 4.99. The zero-order valence-electron chi connectivity index (χ0n) is 14.5. The molecule has 1 atom stereocenters. The fourth-order valence-corrected chi connectivity index (χ4v) is 2.78. The molecule has 1 amide bonds. The zero-order valence-corrected chi connectivity index (χ0v) is 16.0. The van der Waals surface area contributed by atoms with Gasteiger partial charge in [0.05, 0.1) is 11.6 Å². The van der Waals surface area contributed by atoms with Crippen molar-refractivity contribution >= 4 is 29.1 Å². The van der Waals surface area contributed by atoms with Gasteiger partial charge in [-0.15, -0.1) is 0 Å². The van der Waals surface area contributed by atoms with Crippen LogP contribution in [0.25, 0.3) is 11.4 Å². The van der Waals surface area contributed by atoms with Crippen LogP contribution in [-0.4, -0.2) is 22.2 Å². The van der Waals surface area contributed by atoms with Crippen LogP contribution in [-0.2, 0) is 11.3 Å². The molecule has 0 radical (unpaired) electrons. The van der Waals surface area contributed by atoms with Gasteiger partial charge in [0, 0.05) is 10.6 Å². The Balaban J connectivity index is 1.60. The van der Waals surface area contributed by atoms with E-state index >= 15 is 0 Å². The second kappa shape index (κ2) is 8.88. The van der Waals surface area contributed by atoms with Crippen LogP contribution in [0.3, 0.4) is 0 Å². The minimum Gasteiger partial charge on any atom is -0.481 e. The maximum absolute atomic E-state index is 12.4. The van der Waals surface area contributed by atoms with E-state index in [1.807, 2.05) is 19.1 Å². The number of amides is 1. The predicted molar refractivity (Wildman–Crippen MR) is 103 cm³/mol. The van der Waals surface area contributed by atoms with Crippen molar-refractivity contribution in [3.8, 4) is 17.1 Å². The zero-order chi connectivity index (χ0) is 19.2. The molecule has 6 nitrogen and oxygen atoms in total. The Bertz CT molecular complexity index is 930. The fourth-order valence-electron chi connectivity index (χ4n) is 2.38. The van der Waals surface area contributed by atoms with Crippen molar-refractivity contribution in [3.05, 3.63) is 64.5 Å². The Morgan fingerprint density at radius 2 is 2.04 bits per heavy atom. The lowest BCUT2D eigenvalue weighted by Crippen LogP contribution is -2.37. The molecule has 1 N–H and O–H groups in total. The molecule has 0 bridgehead atoms. The molecule has 2 aromatic carbocycles. The first-order valence-corrected chi connectivity index (χ1v) is 9.10. The third-order valence-corrected chi connectivity index (χ3v) is 4.30. The van der Waals surface area contributed by atoms with E-state index < -0.39 is 6.10 Å². The van der Waals surface area contributed by atoms with E-state index in [-0.39, 0.29) is 18.3 Å². The van der Waals surface area contributed by atoms with Crippen LogP contribution in [0.4, 0.5) is 0 Å². The van der Waals surface area contributed by atoms with E-state index in [2.05, 4.69) is 15.5 Å². The lowest BCUT2D eigenvalue weighted by molar-refractivity contribution is -0.128. The van der Waals surface area contributed by atoms with Gasteiger partial charge in [-0.1, -0.05) is 53.5 Å². The van der Waals surface area contributed by atoms with E-state index in [4.69, 9.17) is 32.5 Å². The van der Waals surface area contributed by atoms with Gasteiger partial charge in [-0.05, 0) is 36.8 Å². The summed E-state index contributed by atoms with van der Waals surface area (Å²) in [5, 5.41) is 7.70. The van der Waals surface area contributed by atoms with Gasteiger partial charge >= 0.3 is 0 Å². The first kappa shape index (κ1) is 19.2. The molecule has 0 spiro atoms. The molecule has 3 rings (SSSR count). The Labute approximate surface area is 166 Å². The van der Waals surface area contributed by atoms with Gasteiger partial charge in [0.1, 0.15) is 5.75 Å². The van der Waals surface area contributed by atoms with Gasteiger partial charge in [0.25, 0.3) is 5.91 Å². The molecular weight excluding hydrogens is 389 g/mol. The molecule has 0 aliphatic heterocycles. The number of aromatic nitrogens is 2. The van der Waals surface area contributed by atoms with Gasteiger partial charge in [-0.3, -0.25) is 4.79 Å². The molecular formula is C19H17Cl2N3O3. The molecule has 0 saturated carbocycles. The molecule has 1 aromatic heterocycles. The number of nitrogens with zero attached hydrogens (tertiary/aromatic N) is 2. The number of ether oxygens (including phenoxy) is 1. The van der Waals surface area contributed by atoms with Crippen molar-refractivity contribution in [1.82, 2.24) is 15.5 Å². The number of carbonyl (C=O) groups excluding carboxylic acids is 1. The molecule has 0 aliphatic rings. The normalized spacial score (nSPS) is 11.8. The van der Waals surface area contributed by atoms with Crippen LogP contribution in [0.1, 0.15) is 19.2 Å². The van der Waals surface area contributed by atoms with Gasteiger partial charge < -0.3 is 14.6 Å². The molecule has 8 heteroatoms. The SMILES string of the molecule is CC[C@@H](Oc1cccc(Cl)c1)C(=O)NCc1nc(-c2ccccc2Cl)no1. The van der Waals surface area contributed by atoms with Crippen LogP contribution in [0.15, 0.2) is 53.1 Å². The first-order valence-electron chi connectivity index (χ1n) is 8.34. The number of hydrogen-bond donors (Lipinski definition) is 1. The summed E-state index contributed by atoms with van der Waals surface area (Å²) < 4.78 is 10.9. The minimum atomic E-state index is -0.658. The Morgan fingerprint density at radius 1 is 1.22 bits per heavy atom. The number of benzene rings is 2. The summed E-state index contributed by atoms with van der Waals surface area (Å²) in [7, 11) is 0. The average Bonchev–Trinajstić information content (AvgIpc) is 3.13. The van der Waals surface area contributed by atoms with Crippen molar-refractivity contribution in [1.29, 1.82) is 0 Å². The summed E-state index contributed by atoms with van der Waals surface area (Å²) in [6.45, 7) is 1.95. The summed E-state index contributed by atoms with van der Waals surface area (Å²) >= 11 is 12.1. The highest BCUT2D eigenvalue weighted by Gasteiger charge is 2.19. The molecule has 140 valence electrons. The molecule has 0 unspecified atom stereocenters. The number of rotatable bonds is 7. The van der Waals surface area contributed by atoms with Crippen LogP contribution < -0.4 is 10.1 Å². The lowest BCUT2D eigenvalue weighted by Gasteiger charge is -2.16. The maximum Gasteiger partial charge on any atom is 0.261 e. The third-order valence-electron chi connectivity index (χ3n) is 3.73. The van der Waals surface area contributed by atoms with Crippen LogP contribution in [0.5, 0.6) is 5.75 Å². The predicted octanol–water partition coefficient (Wildman–Crippen LogP) is 4.52. The average molecular weight is 406 g/mol. The highest BCUT2D eigenvalue weighted by molar-refractivity contribution is 6.33. The molecule has 0 saturated heterocycles. The van der Waals surface area contributed by atoms with Crippen molar-refractivity contribution in [2.45, 2.75) is 26.0 Å². The van der Waals surface area contributed by atoms with Crippen molar-refractivity contribution in [3.63, 3.8) is 0 Å². The molecule has 27 heavy (non-hydrogen) atoms. The first-order chi connectivity index (χ1) is 13.1. The monoisotopic (exact) mass is 405 g/mol. The quantitative estimate of drug-likeness (QED) is 0.625. The van der Waals surface area contributed by atoms with E-state index in [1.165, 1.54) is 0 Å². The molecule has 3 aromatic rings. The lowest BCUT2D eigenvalue weighted by atomic mass is 10.2. The largest absolute Gasteiger partial charge is 0.481 e. The Hall–Kier alpha value is -2.57. The number of carbonyl (C=O) groups is 1. The number of halogens is 2. The van der Waals surface area contributed by atoms with Crippen molar-refractivity contribution < 1.29 is 14.1 Å². The van der Waals surface area contributed by atoms with Crippen molar-refractivity contribution in [2.75, 3.05) is 0 Å². The van der Waals surface area contributed by atoms with Gasteiger partial charge in [0.15, 0.2) is 6.10 Å². The topological polar surface area (TPSA) is 77.2 Å². The minimum absolute atomic E-state index is 0.0890. The maximum atomic E-state index is 12.4. The smallest absolute Gasteiger partial charge is 0.261 e. The van der Waals surface area contributed by atoms with Gasteiger partial charge in [-0.25, -0.2) is 0 Å². The van der Waals surface area contributed by atoms with E-state index in [1.54, 1.807) is 36.4 Å². The van der Waals surface area contributed by atoms with Crippen LogP contribution >= 0.6 is 23.2 Å².